The summed E-state index contributed by atoms with van der Waals surface area (Å²) in [6, 6.07) is 1.72. The zero-order chi connectivity index (χ0) is 14.3. The fourth-order valence-corrected chi connectivity index (χ4v) is 1.38. The van der Waals surface area contributed by atoms with Gasteiger partial charge in [0.1, 0.15) is 11.6 Å². The standard InChI is InChI=1S/C12H22N6O/c1-4-14-9-5-10(18-12(13)17-9)15-7-11(19)16-6-8(2)3/h5,8H,4,6-7H2,1-3H3,(H,16,19)(H4,13,14,15,17,18). The van der Waals surface area contributed by atoms with Gasteiger partial charge in [0, 0.05) is 19.2 Å². The number of carbonyl (C=O) groups is 1. The molecule has 0 aliphatic heterocycles. The van der Waals surface area contributed by atoms with E-state index in [0.717, 1.165) is 6.54 Å². The Balaban J connectivity index is 2.50. The summed E-state index contributed by atoms with van der Waals surface area (Å²) >= 11 is 0. The number of nitrogen functional groups attached to an aromatic ring is 1. The summed E-state index contributed by atoms with van der Waals surface area (Å²) in [7, 11) is 0. The Hall–Kier alpha value is -2.05. The van der Waals surface area contributed by atoms with E-state index in [1.807, 2.05) is 20.8 Å². The highest BCUT2D eigenvalue weighted by molar-refractivity contribution is 5.80. The molecular weight excluding hydrogens is 244 g/mol. The lowest BCUT2D eigenvalue weighted by Gasteiger charge is -2.10. The molecule has 0 aromatic carbocycles. The van der Waals surface area contributed by atoms with Crippen molar-refractivity contribution in [2.45, 2.75) is 20.8 Å². The van der Waals surface area contributed by atoms with Crippen LogP contribution < -0.4 is 21.7 Å². The Bertz CT molecular complexity index is 421. The minimum absolute atomic E-state index is 0.0733. The molecule has 106 valence electrons. The molecule has 0 atom stereocenters. The maximum atomic E-state index is 11.6. The van der Waals surface area contributed by atoms with Crippen LogP contribution in [0.2, 0.25) is 0 Å². The van der Waals surface area contributed by atoms with E-state index in [0.29, 0.717) is 24.1 Å². The second-order valence-corrected chi connectivity index (χ2v) is 4.58. The van der Waals surface area contributed by atoms with Crippen LogP contribution in [0.15, 0.2) is 6.07 Å². The molecule has 19 heavy (non-hydrogen) atoms. The van der Waals surface area contributed by atoms with Crippen LogP contribution in [-0.4, -0.2) is 35.5 Å². The highest BCUT2D eigenvalue weighted by atomic mass is 16.1. The summed E-state index contributed by atoms with van der Waals surface area (Å²) in [5.74, 6) is 1.70. The Morgan fingerprint density at radius 3 is 2.53 bits per heavy atom. The molecular formula is C12H22N6O. The van der Waals surface area contributed by atoms with E-state index in [9.17, 15) is 4.79 Å². The molecule has 1 aromatic rings. The largest absolute Gasteiger partial charge is 0.370 e. The lowest BCUT2D eigenvalue weighted by atomic mass is 10.2. The molecule has 0 aliphatic carbocycles. The van der Waals surface area contributed by atoms with Gasteiger partial charge >= 0.3 is 0 Å². The Kier molecular flexibility index (Phi) is 5.84. The zero-order valence-electron chi connectivity index (χ0n) is 11.7. The van der Waals surface area contributed by atoms with E-state index in [4.69, 9.17) is 5.73 Å². The van der Waals surface area contributed by atoms with Gasteiger partial charge < -0.3 is 21.7 Å². The molecule has 7 nitrogen and oxygen atoms in total. The average molecular weight is 266 g/mol. The maximum Gasteiger partial charge on any atom is 0.239 e. The molecule has 0 bridgehead atoms. The molecule has 7 heteroatoms. The highest BCUT2D eigenvalue weighted by Crippen LogP contribution is 2.11. The molecule has 1 heterocycles. The van der Waals surface area contributed by atoms with Gasteiger partial charge in [0.15, 0.2) is 0 Å². The summed E-state index contributed by atoms with van der Waals surface area (Å²) in [5.41, 5.74) is 5.59. The van der Waals surface area contributed by atoms with Gasteiger partial charge in [-0.1, -0.05) is 13.8 Å². The van der Waals surface area contributed by atoms with Crippen molar-refractivity contribution in [3.8, 4) is 0 Å². The molecule has 0 saturated heterocycles. The first-order chi connectivity index (χ1) is 9.01. The lowest BCUT2D eigenvalue weighted by Crippen LogP contribution is -2.32. The predicted molar refractivity (Wildman–Crippen MR) is 76.9 cm³/mol. The minimum atomic E-state index is -0.0733. The third kappa shape index (κ3) is 5.89. The number of nitrogens with zero attached hydrogens (tertiary/aromatic N) is 2. The predicted octanol–water partition coefficient (Wildman–Crippen LogP) is 0.675. The van der Waals surface area contributed by atoms with Gasteiger partial charge in [-0.05, 0) is 12.8 Å². The normalized spacial score (nSPS) is 10.3. The van der Waals surface area contributed by atoms with Crippen molar-refractivity contribution in [2.24, 2.45) is 5.92 Å². The molecule has 1 aromatic heterocycles. The molecule has 1 rings (SSSR count). The fourth-order valence-electron chi connectivity index (χ4n) is 1.38. The van der Waals surface area contributed by atoms with Gasteiger partial charge in [-0.25, -0.2) is 0 Å². The minimum Gasteiger partial charge on any atom is -0.370 e. The third-order valence-corrected chi connectivity index (χ3v) is 2.24. The maximum absolute atomic E-state index is 11.6. The number of amides is 1. The average Bonchev–Trinajstić information content (AvgIpc) is 2.33. The molecule has 1 amide bonds. The number of nitrogens with two attached hydrogens (primary N) is 1. The summed E-state index contributed by atoms with van der Waals surface area (Å²) < 4.78 is 0. The van der Waals surface area contributed by atoms with Crippen molar-refractivity contribution < 1.29 is 4.79 Å². The van der Waals surface area contributed by atoms with Crippen molar-refractivity contribution in [3.63, 3.8) is 0 Å². The van der Waals surface area contributed by atoms with E-state index < -0.39 is 0 Å². The molecule has 0 spiro atoms. The highest BCUT2D eigenvalue weighted by Gasteiger charge is 2.05. The van der Waals surface area contributed by atoms with Crippen molar-refractivity contribution >= 4 is 23.5 Å². The smallest absolute Gasteiger partial charge is 0.239 e. The molecule has 0 radical (unpaired) electrons. The van der Waals surface area contributed by atoms with Crippen LogP contribution in [0, 0.1) is 5.92 Å². The second kappa shape index (κ2) is 7.40. The Morgan fingerprint density at radius 2 is 1.95 bits per heavy atom. The van der Waals surface area contributed by atoms with Gasteiger partial charge in [0.05, 0.1) is 6.54 Å². The van der Waals surface area contributed by atoms with Crippen molar-refractivity contribution in [1.82, 2.24) is 15.3 Å². The first-order valence-corrected chi connectivity index (χ1v) is 6.40. The van der Waals surface area contributed by atoms with Gasteiger partial charge in [0.2, 0.25) is 11.9 Å². The fraction of sp³-hybridized carbons (Fsp3) is 0.583. The van der Waals surface area contributed by atoms with Crippen molar-refractivity contribution in [3.05, 3.63) is 6.07 Å². The van der Waals surface area contributed by atoms with Crippen LogP contribution in [0.5, 0.6) is 0 Å². The third-order valence-electron chi connectivity index (χ3n) is 2.24. The van der Waals surface area contributed by atoms with E-state index >= 15 is 0 Å². The van der Waals surface area contributed by atoms with Gasteiger partial charge in [0.25, 0.3) is 0 Å². The second-order valence-electron chi connectivity index (χ2n) is 4.58. The quantitative estimate of drug-likeness (QED) is 0.578. The topological polar surface area (TPSA) is 105 Å². The number of nitrogens with one attached hydrogen (secondary N) is 3. The van der Waals surface area contributed by atoms with Crippen molar-refractivity contribution in [1.29, 1.82) is 0 Å². The van der Waals surface area contributed by atoms with E-state index in [-0.39, 0.29) is 18.4 Å². The van der Waals surface area contributed by atoms with E-state index in [1.165, 1.54) is 0 Å². The molecule has 5 N–H and O–H groups in total. The molecule has 0 saturated carbocycles. The molecule has 0 unspecified atom stereocenters. The summed E-state index contributed by atoms with van der Waals surface area (Å²) in [6.07, 6.45) is 0. The van der Waals surface area contributed by atoms with E-state index in [2.05, 4.69) is 25.9 Å². The first kappa shape index (κ1) is 15.0. The zero-order valence-corrected chi connectivity index (χ0v) is 11.7. The lowest BCUT2D eigenvalue weighted by molar-refractivity contribution is -0.119. The van der Waals surface area contributed by atoms with Gasteiger partial charge in [-0.3, -0.25) is 4.79 Å². The monoisotopic (exact) mass is 266 g/mol. The van der Waals surface area contributed by atoms with Crippen LogP contribution >= 0.6 is 0 Å². The number of rotatable bonds is 7. The Labute approximate surface area is 113 Å². The molecule has 0 aliphatic rings. The van der Waals surface area contributed by atoms with Crippen molar-refractivity contribution in [2.75, 3.05) is 36.0 Å². The summed E-state index contributed by atoms with van der Waals surface area (Å²) in [4.78, 5) is 19.6. The van der Waals surface area contributed by atoms with Crippen LogP contribution in [0.1, 0.15) is 20.8 Å². The number of aromatic nitrogens is 2. The number of carbonyl (C=O) groups excluding carboxylic acids is 1. The van der Waals surface area contributed by atoms with Crippen LogP contribution in [-0.2, 0) is 4.79 Å². The summed E-state index contributed by atoms with van der Waals surface area (Å²) in [5, 5.41) is 8.78. The first-order valence-electron chi connectivity index (χ1n) is 6.40. The number of anilines is 3. The Morgan fingerprint density at radius 1 is 1.32 bits per heavy atom. The number of hydrogen-bond donors (Lipinski definition) is 4. The van der Waals surface area contributed by atoms with Crippen LogP contribution in [0.3, 0.4) is 0 Å². The van der Waals surface area contributed by atoms with Gasteiger partial charge in [-0.15, -0.1) is 0 Å². The SMILES string of the molecule is CCNc1cc(NCC(=O)NCC(C)C)nc(N)n1. The molecule has 0 fully saturated rings. The van der Waals surface area contributed by atoms with Crippen LogP contribution in [0.4, 0.5) is 17.6 Å². The van der Waals surface area contributed by atoms with Crippen LogP contribution in [0.25, 0.3) is 0 Å². The number of hydrogen-bond acceptors (Lipinski definition) is 6. The summed E-state index contributed by atoms with van der Waals surface area (Å²) in [6.45, 7) is 7.61. The van der Waals surface area contributed by atoms with E-state index in [1.54, 1.807) is 6.07 Å². The van der Waals surface area contributed by atoms with Gasteiger partial charge in [-0.2, -0.15) is 9.97 Å².